The second-order valence-electron chi connectivity index (χ2n) is 6.35. The van der Waals surface area contributed by atoms with E-state index in [2.05, 4.69) is 4.18 Å². The maximum atomic E-state index is 12.3. The quantitative estimate of drug-likeness (QED) is 0.804. The molecule has 1 heterocycles. The van der Waals surface area contributed by atoms with Crippen LogP contribution in [0.5, 0.6) is 5.75 Å². The Kier molecular flexibility index (Phi) is 5.12. The summed E-state index contributed by atoms with van der Waals surface area (Å²) >= 11 is -3.40. The molecule has 1 atom stereocenters. The summed E-state index contributed by atoms with van der Waals surface area (Å²) in [7, 11) is 0. The number of benzene rings is 1. The van der Waals surface area contributed by atoms with Gasteiger partial charge in [0.05, 0.1) is 0 Å². The van der Waals surface area contributed by atoms with Crippen LogP contribution in [-0.4, -0.2) is 32.9 Å². The third-order valence-corrected chi connectivity index (χ3v) is 3.92. The van der Waals surface area contributed by atoms with Gasteiger partial charge in [-0.1, -0.05) is 6.07 Å². The lowest BCUT2D eigenvalue weighted by Gasteiger charge is -2.31. The zero-order chi connectivity index (χ0) is 18.1. The molecule has 0 N–H and O–H groups in total. The first-order valence-corrected chi connectivity index (χ1v) is 8.30. The Balaban J connectivity index is 2.07. The van der Waals surface area contributed by atoms with Crippen LogP contribution in [0, 0.1) is 0 Å². The van der Waals surface area contributed by atoms with Gasteiger partial charge in [0, 0.05) is 13.1 Å². The Hall–Kier alpha value is -1.77. The highest BCUT2D eigenvalue weighted by Gasteiger charge is 2.40. The second kappa shape index (κ2) is 6.62. The smallest absolute Gasteiger partial charge is 0.444 e. The van der Waals surface area contributed by atoms with Crippen LogP contribution < -0.4 is 4.18 Å². The molecule has 1 aliphatic heterocycles. The largest absolute Gasteiger partial charge is 0.508 e. The number of alkyl halides is 3. The Morgan fingerprint density at radius 1 is 1.21 bits per heavy atom. The molecule has 1 unspecified atom stereocenters. The van der Waals surface area contributed by atoms with Crippen molar-refractivity contribution >= 4 is 17.2 Å². The Labute approximate surface area is 140 Å². The van der Waals surface area contributed by atoms with Crippen molar-refractivity contribution in [3.05, 3.63) is 29.3 Å². The van der Waals surface area contributed by atoms with Gasteiger partial charge in [-0.3, -0.25) is 0 Å². The van der Waals surface area contributed by atoms with Crippen LogP contribution in [0.4, 0.5) is 18.0 Å². The molecule has 0 aliphatic carbocycles. The normalized spacial score (nSPS) is 16.3. The average Bonchev–Trinajstić information content (AvgIpc) is 2.43. The zero-order valence-corrected chi connectivity index (χ0v) is 14.3. The van der Waals surface area contributed by atoms with Crippen molar-refractivity contribution in [3.8, 4) is 5.75 Å². The van der Waals surface area contributed by atoms with E-state index in [9.17, 15) is 22.2 Å². The van der Waals surface area contributed by atoms with Crippen molar-refractivity contribution in [1.29, 1.82) is 0 Å². The van der Waals surface area contributed by atoms with Gasteiger partial charge in [-0.05, 0) is 50.5 Å². The first-order valence-electron chi connectivity index (χ1n) is 7.22. The summed E-state index contributed by atoms with van der Waals surface area (Å²) in [5.41, 5.74) is -3.98. The SMILES string of the molecule is CC(C)(C)OC(=O)N1CCc2cc(OS(=O)C(F)(F)F)ccc2C1. The molecule has 9 heteroatoms. The number of carbonyl (C=O) groups is 1. The Bertz CT molecular complexity index is 655. The molecule has 0 fully saturated rings. The average molecular weight is 365 g/mol. The predicted molar refractivity (Wildman–Crippen MR) is 81.6 cm³/mol. The minimum Gasteiger partial charge on any atom is -0.444 e. The van der Waals surface area contributed by atoms with Gasteiger partial charge >= 0.3 is 22.7 Å². The summed E-state index contributed by atoms with van der Waals surface area (Å²) in [6.45, 7) is 5.99. The van der Waals surface area contributed by atoms with E-state index < -0.39 is 28.3 Å². The molecule has 0 saturated carbocycles. The van der Waals surface area contributed by atoms with Crippen LogP contribution in [0.25, 0.3) is 0 Å². The number of amides is 1. The lowest BCUT2D eigenvalue weighted by atomic mass is 10.00. The van der Waals surface area contributed by atoms with E-state index in [-0.39, 0.29) is 5.75 Å². The highest BCUT2D eigenvalue weighted by atomic mass is 32.2. The maximum Gasteiger partial charge on any atom is 0.508 e. The fourth-order valence-corrected chi connectivity index (χ4v) is 2.57. The fraction of sp³-hybridized carbons (Fsp3) is 0.533. The zero-order valence-electron chi connectivity index (χ0n) is 13.5. The van der Waals surface area contributed by atoms with Gasteiger partial charge in [-0.2, -0.15) is 13.2 Å². The third-order valence-electron chi connectivity index (χ3n) is 3.20. The molecule has 1 amide bonds. The monoisotopic (exact) mass is 365 g/mol. The summed E-state index contributed by atoms with van der Waals surface area (Å²) in [4.78, 5) is 13.6. The van der Waals surface area contributed by atoms with Gasteiger partial charge in [0.2, 0.25) is 0 Å². The van der Waals surface area contributed by atoms with Crippen molar-refractivity contribution in [2.75, 3.05) is 6.54 Å². The minimum atomic E-state index is -4.93. The van der Waals surface area contributed by atoms with E-state index in [0.29, 0.717) is 19.5 Å². The predicted octanol–water partition coefficient (Wildman–Crippen LogP) is 3.54. The lowest BCUT2D eigenvalue weighted by Crippen LogP contribution is -2.39. The number of hydrogen-bond acceptors (Lipinski definition) is 4. The van der Waals surface area contributed by atoms with Crippen LogP contribution in [0.1, 0.15) is 31.9 Å². The van der Waals surface area contributed by atoms with Crippen LogP contribution in [-0.2, 0) is 28.8 Å². The topological polar surface area (TPSA) is 55.8 Å². The number of carbonyl (C=O) groups excluding carboxylic acids is 1. The van der Waals surface area contributed by atoms with Gasteiger partial charge in [0.15, 0.2) is 0 Å². The van der Waals surface area contributed by atoms with Crippen molar-refractivity contribution in [2.45, 2.75) is 44.8 Å². The standard InChI is InChI=1S/C15H18F3NO4S/c1-14(2,3)22-13(20)19-7-6-10-8-12(5-4-11(10)9-19)23-24(21)15(16,17)18/h4-5,8H,6-7,9H2,1-3H3. The van der Waals surface area contributed by atoms with Crippen LogP contribution in [0.15, 0.2) is 18.2 Å². The number of fused-ring (bicyclic) bond motifs is 1. The van der Waals surface area contributed by atoms with Crippen molar-refractivity contribution in [1.82, 2.24) is 4.90 Å². The highest BCUT2D eigenvalue weighted by molar-refractivity contribution is 7.81. The van der Waals surface area contributed by atoms with Crippen molar-refractivity contribution in [3.63, 3.8) is 0 Å². The Morgan fingerprint density at radius 3 is 2.46 bits per heavy atom. The van der Waals surface area contributed by atoms with Gasteiger partial charge in [0.25, 0.3) is 0 Å². The summed E-state index contributed by atoms with van der Waals surface area (Å²) in [5.74, 6) is -0.116. The van der Waals surface area contributed by atoms with Crippen molar-refractivity contribution < 1.29 is 31.1 Å². The molecule has 2 rings (SSSR count). The van der Waals surface area contributed by atoms with Crippen LogP contribution in [0.2, 0.25) is 0 Å². The maximum absolute atomic E-state index is 12.3. The molecule has 134 valence electrons. The molecular weight excluding hydrogens is 347 g/mol. The molecular formula is C15H18F3NO4S. The van der Waals surface area contributed by atoms with Crippen molar-refractivity contribution in [2.24, 2.45) is 0 Å². The van der Waals surface area contributed by atoms with E-state index in [0.717, 1.165) is 11.1 Å². The molecule has 1 aliphatic rings. The summed E-state index contributed by atoms with van der Waals surface area (Å²) in [6, 6.07) is 4.29. The van der Waals surface area contributed by atoms with E-state index in [1.165, 1.54) is 17.0 Å². The Morgan fingerprint density at radius 2 is 1.88 bits per heavy atom. The molecule has 1 aromatic rings. The number of halogens is 3. The van der Waals surface area contributed by atoms with Crippen LogP contribution >= 0.6 is 0 Å². The summed E-state index contributed by atoms with van der Waals surface area (Å²) in [6.07, 6.45) is 0.0106. The van der Waals surface area contributed by atoms with E-state index in [4.69, 9.17) is 4.74 Å². The fourth-order valence-electron chi connectivity index (χ4n) is 2.20. The van der Waals surface area contributed by atoms with E-state index in [1.54, 1.807) is 26.8 Å². The molecule has 0 radical (unpaired) electrons. The lowest BCUT2D eigenvalue weighted by molar-refractivity contribution is -0.0437. The molecule has 0 spiro atoms. The van der Waals surface area contributed by atoms with Crippen LogP contribution in [0.3, 0.4) is 0 Å². The summed E-state index contributed by atoms with van der Waals surface area (Å²) < 4.78 is 57.5. The summed E-state index contributed by atoms with van der Waals surface area (Å²) in [5, 5.41) is 0. The number of nitrogens with zero attached hydrogens (tertiary/aromatic N) is 1. The van der Waals surface area contributed by atoms with Gasteiger partial charge in [-0.15, -0.1) is 0 Å². The van der Waals surface area contributed by atoms with E-state index in [1.807, 2.05) is 0 Å². The highest BCUT2D eigenvalue weighted by Crippen LogP contribution is 2.28. The third kappa shape index (κ3) is 4.86. The van der Waals surface area contributed by atoms with Gasteiger partial charge < -0.3 is 13.8 Å². The molecule has 0 aromatic heterocycles. The first kappa shape index (κ1) is 18.6. The number of rotatable bonds is 2. The molecule has 5 nitrogen and oxygen atoms in total. The van der Waals surface area contributed by atoms with Gasteiger partial charge in [0.1, 0.15) is 11.4 Å². The number of ether oxygens (including phenoxy) is 1. The molecule has 24 heavy (non-hydrogen) atoms. The number of hydrogen-bond donors (Lipinski definition) is 0. The minimum absolute atomic E-state index is 0.116. The molecule has 0 saturated heterocycles. The van der Waals surface area contributed by atoms with E-state index >= 15 is 0 Å². The van der Waals surface area contributed by atoms with Gasteiger partial charge in [-0.25, -0.2) is 9.00 Å². The first-order chi connectivity index (χ1) is 11.0. The molecule has 1 aromatic carbocycles. The second-order valence-corrected chi connectivity index (χ2v) is 7.45. The molecule has 0 bridgehead atoms.